The van der Waals surface area contributed by atoms with Gasteiger partial charge >= 0.3 is 6.18 Å². The fourth-order valence-corrected chi connectivity index (χ4v) is 3.84. The lowest BCUT2D eigenvalue weighted by molar-refractivity contribution is -0.141. The molecule has 0 aliphatic carbocycles. The van der Waals surface area contributed by atoms with Crippen molar-refractivity contribution in [2.75, 3.05) is 13.6 Å². The summed E-state index contributed by atoms with van der Waals surface area (Å²) in [5, 5.41) is 6.52. The Morgan fingerprint density at radius 3 is 2.30 bits per heavy atom. The average molecular weight is 476 g/mol. The van der Waals surface area contributed by atoms with Crippen LogP contribution >= 0.6 is 11.6 Å². The van der Waals surface area contributed by atoms with Gasteiger partial charge in [-0.3, -0.25) is 9.78 Å². The van der Waals surface area contributed by atoms with Crippen molar-refractivity contribution in [3.63, 3.8) is 0 Å². The van der Waals surface area contributed by atoms with Crippen LogP contribution < -0.4 is 10.6 Å². The Morgan fingerprint density at radius 2 is 1.73 bits per heavy atom. The predicted octanol–water partition coefficient (Wildman–Crippen LogP) is 5.66. The maximum atomic E-state index is 13.0. The summed E-state index contributed by atoms with van der Waals surface area (Å²) in [6.45, 7) is 2.32. The number of hydrogen-bond acceptors (Lipinski definition) is 3. The minimum atomic E-state index is -4.50. The van der Waals surface area contributed by atoms with Crippen LogP contribution in [0.4, 0.5) is 13.2 Å². The number of aryl methyl sites for hydroxylation is 1. The van der Waals surface area contributed by atoms with Gasteiger partial charge in [0.25, 0.3) is 0 Å². The third-order valence-electron chi connectivity index (χ3n) is 5.50. The van der Waals surface area contributed by atoms with Gasteiger partial charge < -0.3 is 10.6 Å². The number of carbonyl (C=O) groups excluding carboxylic acids is 1. The van der Waals surface area contributed by atoms with E-state index in [1.54, 1.807) is 7.05 Å². The van der Waals surface area contributed by atoms with E-state index in [0.29, 0.717) is 23.6 Å². The van der Waals surface area contributed by atoms with E-state index in [-0.39, 0.29) is 11.8 Å². The van der Waals surface area contributed by atoms with Crippen LogP contribution in [0.5, 0.6) is 0 Å². The molecule has 1 amide bonds. The van der Waals surface area contributed by atoms with Crippen LogP contribution in [-0.2, 0) is 11.0 Å². The molecule has 0 unspecified atom stereocenters. The van der Waals surface area contributed by atoms with Crippen molar-refractivity contribution in [3.8, 4) is 0 Å². The number of aromatic nitrogens is 1. The van der Waals surface area contributed by atoms with E-state index in [2.05, 4.69) is 15.6 Å². The zero-order chi connectivity index (χ0) is 24.0. The van der Waals surface area contributed by atoms with E-state index in [4.69, 9.17) is 11.6 Å². The molecule has 33 heavy (non-hydrogen) atoms. The third kappa shape index (κ3) is 6.33. The number of nitrogens with one attached hydrogen (secondary N) is 2. The first-order chi connectivity index (χ1) is 15.7. The second-order valence-corrected chi connectivity index (χ2v) is 8.14. The molecule has 2 N–H and O–H groups in total. The quantitative estimate of drug-likeness (QED) is 0.442. The minimum Gasteiger partial charge on any atom is -0.358 e. The molecule has 8 heteroatoms. The molecular formula is C25H25ClF3N3O. The number of likely N-dealkylation sites (N-methyl/N-ethyl adjacent to an activating group) is 1. The van der Waals surface area contributed by atoms with E-state index < -0.39 is 17.9 Å². The van der Waals surface area contributed by atoms with Crippen LogP contribution in [-0.4, -0.2) is 24.5 Å². The van der Waals surface area contributed by atoms with Gasteiger partial charge in [0.05, 0.1) is 0 Å². The SMILES string of the molecule is CNC(=O)[C@H](NCC[C@H](c1ccc(C(F)(F)F)nc1)c1ccc(C)c(Cl)c1)c1ccccc1. The highest BCUT2D eigenvalue weighted by Crippen LogP contribution is 2.33. The Kier molecular flexibility index (Phi) is 8.10. The van der Waals surface area contributed by atoms with Crippen molar-refractivity contribution in [3.05, 3.63) is 99.8 Å². The Hall–Kier alpha value is -2.90. The molecule has 2 aromatic carbocycles. The summed E-state index contributed by atoms with van der Waals surface area (Å²) in [4.78, 5) is 16.1. The first-order valence-corrected chi connectivity index (χ1v) is 10.9. The number of halogens is 4. The Labute approximate surface area is 196 Å². The molecule has 0 saturated carbocycles. The van der Waals surface area contributed by atoms with Gasteiger partial charge in [-0.2, -0.15) is 13.2 Å². The van der Waals surface area contributed by atoms with Crippen LogP contribution in [0, 0.1) is 6.92 Å². The second kappa shape index (κ2) is 10.8. The summed E-state index contributed by atoms with van der Waals surface area (Å²) in [5.41, 5.74) is 2.30. The monoisotopic (exact) mass is 475 g/mol. The Bertz CT molecular complexity index is 1070. The molecule has 3 rings (SSSR count). The molecule has 3 aromatic rings. The molecule has 4 nitrogen and oxygen atoms in total. The molecule has 174 valence electrons. The number of rotatable bonds is 8. The number of benzene rings is 2. The minimum absolute atomic E-state index is 0.174. The number of amides is 1. The van der Waals surface area contributed by atoms with E-state index >= 15 is 0 Å². The standard InChI is InChI=1S/C25H25ClF3N3O/c1-16-8-9-18(14-21(16)26)20(19-10-11-22(32-15-19)25(27,28)29)12-13-31-23(24(33)30-2)17-6-4-3-5-7-17/h3-11,14-15,20,23,31H,12-13H2,1-2H3,(H,30,33)/t20-,23+/m0/s1. The Morgan fingerprint density at radius 1 is 1.03 bits per heavy atom. The lowest BCUT2D eigenvalue weighted by Gasteiger charge is -2.22. The molecule has 0 radical (unpaired) electrons. The predicted molar refractivity (Wildman–Crippen MR) is 123 cm³/mol. The fraction of sp³-hybridized carbons (Fsp3) is 0.280. The average Bonchev–Trinajstić information content (AvgIpc) is 2.81. The third-order valence-corrected chi connectivity index (χ3v) is 5.91. The van der Waals surface area contributed by atoms with Crippen molar-refractivity contribution in [1.82, 2.24) is 15.6 Å². The largest absolute Gasteiger partial charge is 0.433 e. The van der Waals surface area contributed by atoms with Crippen LogP contribution in [0.25, 0.3) is 0 Å². The van der Waals surface area contributed by atoms with Crippen molar-refractivity contribution >= 4 is 17.5 Å². The van der Waals surface area contributed by atoms with Gasteiger partial charge in [0.1, 0.15) is 11.7 Å². The number of nitrogens with zero attached hydrogens (tertiary/aromatic N) is 1. The highest BCUT2D eigenvalue weighted by atomic mass is 35.5. The van der Waals surface area contributed by atoms with E-state index in [0.717, 1.165) is 22.8 Å². The van der Waals surface area contributed by atoms with Gasteiger partial charge in [-0.25, -0.2) is 0 Å². The van der Waals surface area contributed by atoms with Crippen LogP contribution in [0.15, 0.2) is 66.9 Å². The fourth-order valence-electron chi connectivity index (χ4n) is 3.65. The topological polar surface area (TPSA) is 54.0 Å². The highest BCUT2D eigenvalue weighted by Gasteiger charge is 2.32. The van der Waals surface area contributed by atoms with Crippen molar-refractivity contribution in [1.29, 1.82) is 0 Å². The summed E-state index contributed by atoms with van der Waals surface area (Å²) >= 11 is 6.32. The van der Waals surface area contributed by atoms with Gasteiger partial charge in [-0.1, -0.05) is 60.1 Å². The Balaban J connectivity index is 1.85. The summed E-state index contributed by atoms with van der Waals surface area (Å²) in [7, 11) is 1.57. The summed E-state index contributed by atoms with van der Waals surface area (Å²) < 4.78 is 38.9. The van der Waals surface area contributed by atoms with Crippen LogP contribution in [0.1, 0.15) is 46.3 Å². The molecule has 1 aromatic heterocycles. The number of carbonyl (C=O) groups is 1. The second-order valence-electron chi connectivity index (χ2n) is 7.74. The molecule has 0 aliphatic rings. The zero-order valence-electron chi connectivity index (χ0n) is 18.3. The highest BCUT2D eigenvalue weighted by molar-refractivity contribution is 6.31. The molecule has 0 spiro atoms. The molecule has 0 bridgehead atoms. The zero-order valence-corrected chi connectivity index (χ0v) is 19.0. The molecule has 0 fully saturated rings. The van der Waals surface area contributed by atoms with Crippen molar-refractivity contribution in [2.45, 2.75) is 31.5 Å². The van der Waals surface area contributed by atoms with Gasteiger partial charge in [0.15, 0.2) is 0 Å². The van der Waals surface area contributed by atoms with Gasteiger partial charge in [0, 0.05) is 24.2 Å². The molecule has 0 aliphatic heterocycles. The number of pyridine rings is 1. The van der Waals surface area contributed by atoms with Crippen molar-refractivity contribution in [2.24, 2.45) is 0 Å². The first kappa shape index (κ1) is 24.7. The summed E-state index contributed by atoms with van der Waals surface area (Å²) in [6, 6.07) is 16.8. The van der Waals surface area contributed by atoms with E-state index in [9.17, 15) is 18.0 Å². The molecular weight excluding hydrogens is 451 g/mol. The molecule has 1 heterocycles. The van der Waals surface area contributed by atoms with E-state index in [1.807, 2.05) is 55.5 Å². The normalized spacial score (nSPS) is 13.4. The molecule has 0 saturated heterocycles. The van der Waals surface area contributed by atoms with Gasteiger partial charge in [-0.05, 0) is 54.3 Å². The van der Waals surface area contributed by atoms with Crippen LogP contribution in [0.3, 0.4) is 0 Å². The van der Waals surface area contributed by atoms with Gasteiger partial charge in [-0.15, -0.1) is 0 Å². The lowest BCUT2D eigenvalue weighted by atomic mass is 9.88. The van der Waals surface area contributed by atoms with Crippen LogP contribution in [0.2, 0.25) is 5.02 Å². The number of hydrogen-bond donors (Lipinski definition) is 2. The smallest absolute Gasteiger partial charge is 0.358 e. The summed E-state index contributed by atoms with van der Waals surface area (Å²) in [6.07, 6.45) is -2.72. The maximum absolute atomic E-state index is 13.0. The van der Waals surface area contributed by atoms with Crippen molar-refractivity contribution < 1.29 is 18.0 Å². The first-order valence-electron chi connectivity index (χ1n) is 10.5. The molecule has 2 atom stereocenters. The van der Waals surface area contributed by atoms with E-state index in [1.165, 1.54) is 12.3 Å². The summed E-state index contributed by atoms with van der Waals surface area (Å²) in [5.74, 6) is -0.432. The van der Waals surface area contributed by atoms with Gasteiger partial charge in [0.2, 0.25) is 5.91 Å². The maximum Gasteiger partial charge on any atom is 0.433 e. The lowest BCUT2D eigenvalue weighted by Crippen LogP contribution is -2.36. The number of alkyl halides is 3.